The SMILES string of the molecule is [CH2]C(O)CC(=N)CC. The summed E-state index contributed by atoms with van der Waals surface area (Å²) < 4.78 is 0. The van der Waals surface area contributed by atoms with E-state index in [1.165, 1.54) is 0 Å². The highest BCUT2D eigenvalue weighted by molar-refractivity contribution is 5.81. The van der Waals surface area contributed by atoms with E-state index in [2.05, 4.69) is 6.92 Å². The van der Waals surface area contributed by atoms with Crippen LogP contribution in [0.25, 0.3) is 0 Å². The standard InChI is InChI=1S/C6H12NO/c1-3-6(7)4-5(2)8/h5,7-8H,2-4H2,1H3. The fourth-order valence-corrected chi connectivity index (χ4v) is 0.429. The van der Waals surface area contributed by atoms with Crippen molar-refractivity contribution >= 4 is 5.71 Å². The molecule has 0 spiro atoms. The normalized spacial score (nSPS) is 13.4. The van der Waals surface area contributed by atoms with Gasteiger partial charge >= 0.3 is 0 Å². The van der Waals surface area contributed by atoms with Gasteiger partial charge in [0.2, 0.25) is 0 Å². The molecule has 0 amide bonds. The monoisotopic (exact) mass is 114 g/mol. The van der Waals surface area contributed by atoms with E-state index in [1.54, 1.807) is 0 Å². The second-order valence-corrected chi connectivity index (χ2v) is 1.82. The third-order valence-corrected chi connectivity index (χ3v) is 0.909. The molecule has 0 aliphatic rings. The van der Waals surface area contributed by atoms with Crippen molar-refractivity contribution in [2.24, 2.45) is 0 Å². The molecule has 0 aliphatic carbocycles. The Kier molecular flexibility index (Phi) is 3.44. The van der Waals surface area contributed by atoms with E-state index >= 15 is 0 Å². The van der Waals surface area contributed by atoms with Gasteiger partial charge in [-0.25, -0.2) is 0 Å². The maximum Gasteiger partial charge on any atom is 0.0593 e. The lowest BCUT2D eigenvalue weighted by Gasteiger charge is -2.01. The van der Waals surface area contributed by atoms with Crippen LogP contribution in [0.3, 0.4) is 0 Å². The van der Waals surface area contributed by atoms with Crippen molar-refractivity contribution in [3.63, 3.8) is 0 Å². The molecular weight excluding hydrogens is 102 g/mol. The van der Waals surface area contributed by atoms with Crippen molar-refractivity contribution in [2.45, 2.75) is 25.9 Å². The van der Waals surface area contributed by atoms with E-state index in [0.717, 1.165) is 0 Å². The van der Waals surface area contributed by atoms with Gasteiger partial charge in [0.1, 0.15) is 0 Å². The molecule has 0 heterocycles. The van der Waals surface area contributed by atoms with Gasteiger partial charge < -0.3 is 10.5 Å². The molecule has 0 rings (SSSR count). The summed E-state index contributed by atoms with van der Waals surface area (Å²) in [6.45, 7) is 5.23. The predicted molar refractivity (Wildman–Crippen MR) is 34.0 cm³/mol. The van der Waals surface area contributed by atoms with E-state index in [-0.39, 0.29) is 0 Å². The molecule has 8 heavy (non-hydrogen) atoms. The van der Waals surface area contributed by atoms with E-state index < -0.39 is 6.10 Å². The first-order valence-electron chi connectivity index (χ1n) is 2.74. The van der Waals surface area contributed by atoms with Crippen LogP contribution in [0, 0.1) is 12.3 Å². The average molecular weight is 114 g/mol. The molecule has 47 valence electrons. The lowest BCUT2D eigenvalue weighted by Crippen LogP contribution is -2.07. The summed E-state index contributed by atoms with van der Waals surface area (Å²) in [7, 11) is 0. The van der Waals surface area contributed by atoms with Gasteiger partial charge in [-0.1, -0.05) is 6.92 Å². The second-order valence-electron chi connectivity index (χ2n) is 1.82. The Morgan fingerprint density at radius 1 is 1.88 bits per heavy atom. The van der Waals surface area contributed by atoms with Gasteiger partial charge in [0.25, 0.3) is 0 Å². The first kappa shape index (κ1) is 7.63. The fourth-order valence-electron chi connectivity index (χ4n) is 0.429. The Labute approximate surface area is 50.0 Å². The van der Waals surface area contributed by atoms with Crippen molar-refractivity contribution in [2.75, 3.05) is 0 Å². The molecule has 0 aromatic heterocycles. The summed E-state index contributed by atoms with van der Waals surface area (Å²) in [5.74, 6) is 0. The van der Waals surface area contributed by atoms with Crippen molar-refractivity contribution in [3.05, 3.63) is 6.92 Å². The molecule has 0 bridgehead atoms. The minimum absolute atomic E-state index is 0.413. The maximum atomic E-state index is 8.60. The minimum Gasteiger partial charge on any atom is -0.393 e. The topological polar surface area (TPSA) is 44.1 Å². The molecule has 0 saturated heterocycles. The number of nitrogens with one attached hydrogen (secondary N) is 1. The van der Waals surface area contributed by atoms with E-state index in [0.29, 0.717) is 18.6 Å². The minimum atomic E-state index is -0.595. The highest BCUT2D eigenvalue weighted by atomic mass is 16.3. The lowest BCUT2D eigenvalue weighted by atomic mass is 10.1. The fraction of sp³-hybridized carbons (Fsp3) is 0.667. The second kappa shape index (κ2) is 3.61. The van der Waals surface area contributed by atoms with E-state index in [9.17, 15) is 0 Å². The summed E-state index contributed by atoms with van der Waals surface area (Å²) >= 11 is 0. The molecule has 0 aromatic carbocycles. The number of hydrogen-bond donors (Lipinski definition) is 2. The van der Waals surface area contributed by atoms with Crippen LogP contribution >= 0.6 is 0 Å². The zero-order chi connectivity index (χ0) is 6.57. The molecule has 0 aromatic rings. The Hall–Kier alpha value is -0.370. The highest BCUT2D eigenvalue weighted by Crippen LogP contribution is 1.93. The first-order chi connectivity index (χ1) is 3.66. The van der Waals surface area contributed by atoms with Crippen LogP contribution in [0.4, 0.5) is 0 Å². The highest BCUT2D eigenvalue weighted by Gasteiger charge is 1.97. The van der Waals surface area contributed by atoms with Gasteiger partial charge in [0, 0.05) is 12.1 Å². The van der Waals surface area contributed by atoms with E-state index in [1.807, 2.05) is 6.92 Å². The van der Waals surface area contributed by atoms with Crippen molar-refractivity contribution < 1.29 is 5.11 Å². The average Bonchev–Trinajstić information content (AvgIpc) is 1.65. The van der Waals surface area contributed by atoms with Crippen LogP contribution < -0.4 is 0 Å². The zero-order valence-electron chi connectivity index (χ0n) is 5.15. The Morgan fingerprint density at radius 2 is 2.38 bits per heavy atom. The summed E-state index contributed by atoms with van der Waals surface area (Å²) in [6, 6.07) is 0. The third kappa shape index (κ3) is 3.81. The quantitative estimate of drug-likeness (QED) is 0.528. The zero-order valence-corrected chi connectivity index (χ0v) is 5.15. The number of aliphatic hydroxyl groups is 1. The van der Waals surface area contributed by atoms with Gasteiger partial charge in [-0.05, 0) is 13.3 Å². The summed E-state index contributed by atoms with van der Waals surface area (Å²) in [4.78, 5) is 0. The van der Waals surface area contributed by atoms with Gasteiger partial charge in [-0.15, -0.1) is 0 Å². The smallest absolute Gasteiger partial charge is 0.0593 e. The summed E-state index contributed by atoms with van der Waals surface area (Å²) in [5.41, 5.74) is 0.563. The summed E-state index contributed by atoms with van der Waals surface area (Å²) in [5, 5.41) is 15.7. The van der Waals surface area contributed by atoms with Gasteiger partial charge in [0.05, 0.1) is 6.10 Å². The van der Waals surface area contributed by atoms with Crippen molar-refractivity contribution in [1.82, 2.24) is 0 Å². The van der Waals surface area contributed by atoms with Gasteiger partial charge in [0.15, 0.2) is 0 Å². The number of rotatable bonds is 3. The van der Waals surface area contributed by atoms with Crippen molar-refractivity contribution in [3.8, 4) is 0 Å². The van der Waals surface area contributed by atoms with Crippen LogP contribution in [-0.4, -0.2) is 16.9 Å². The molecule has 0 fully saturated rings. The van der Waals surface area contributed by atoms with E-state index in [4.69, 9.17) is 10.5 Å². The van der Waals surface area contributed by atoms with Crippen LogP contribution in [0.2, 0.25) is 0 Å². The first-order valence-corrected chi connectivity index (χ1v) is 2.74. The Bertz CT molecular complexity index is 78.6. The molecule has 1 atom stereocenters. The van der Waals surface area contributed by atoms with Crippen LogP contribution in [-0.2, 0) is 0 Å². The van der Waals surface area contributed by atoms with Gasteiger partial charge in [-0.3, -0.25) is 0 Å². The van der Waals surface area contributed by atoms with Crippen LogP contribution in [0.5, 0.6) is 0 Å². The predicted octanol–water partition coefficient (Wildman–Crippen LogP) is 1.00. The Balaban J connectivity index is 3.25. The largest absolute Gasteiger partial charge is 0.393 e. The molecule has 2 N–H and O–H groups in total. The lowest BCUT2D eigenvalue weighted by molar-refractivity contribution is 0.228. The summed E-state index contributed by atoms with van der Waals surface area (Å²) in [6.07, 6.45) is 0.533. The van der Waals surface area contributed by atoms with Gasteiger partial charge in [-0.2, -0.15) is 0 Å². The van der Waals surface area contributed by atoms with Crippen molar-refractivity contribution in [1.29, 1.82) is 5.41 Å². The molecule has 2 heteroatoms. The molecule has 1 unspecified atom stereocenters. The number of hydrogen-bond acceptors (Lipinski definition) is 2. The van der Waals surface area contributed by atoms with Crippen LogP contribution in [0.1, 0.15) is 19.8 Å². The third-order valence-electron chi connectivity index (χ3n) is 0.909. The number of aliphatic hydroxyl groups excluding tert-OH is 1. The maximum absolute atomic E-state index is 8.60. The molecule has 0 saturated carbocycles. The molecule has 0 aliphatic heterocycles. The molecule has 2 nitrogen and oxygen atoms in total. The van der Waals surface area contributed by atoms with Crippen LogP contribution in [0.15, 0.2) is 0 Å². The molecule has 1 radical (unpaired) electrons. The molecular formula is C6H12NO. The Morgan fingerprint density at radius 3 is 2.50 bits per heavy atom.